The molecule has 1 fully saturated rings. The van der Waals surface area contributed by atoms with E-state index in [0.717, 1.165) is 31.8 Å². The van der Waals surface area contributed by atoms with Gasteiger partial charge >= 0.3 is 0 Å². The van der Waals surface area contributed by atoms with Gasteiger partial charge in [-0.3, -0.25) is 4.99 Å². The molecule has 148 valence electrons. The lowest BCUT2D eigenvalue weighted by molar-refractivity contribution is 0.306. The molecule has 0 aliphatic carbocycles. The van der Waals surface area contributed by atoms with Gasteiger partial charge in [0, 0.05) is 37.6 Å². The molecular weight excluding hydrogens is 368 g/mol. The summed E-state index contributed by atoms with van der Waals surface area (Å²) < 4.78 is 25.9. The molecule has 1 aromatic heterocycles. The normalized spacial score (nSPS) is 18.7. The van der Waals surface area contributed by atoms with Gasteiger partial charge in [-0.05, 0) is 43.0 Å². The predicted molar refractivity (Wildman–Crippen MR) is 110 cm³/mol. The van der Waals surface area contributed by atoms with E-state index in [1.165, 1.54) is 4.88 Å². The number of thiophene rings is 1. The molecule has 1 aliphatic heterocycles. The molecule has 6 nitrogen and oxygen atoms in total. The highest BCUT2D eigenvalue weighted by atomic mass is 32.2. The monoisotopic (exact) mass is 400 g/mol. The summed E-state index contributed by atoms with van der Waals surface area (Å²) in [6.45, 7) is 6.18. The lowest BCUT2D eigenvalue weighted by atomic mass is 10.1. The summed E-state index contributed by atoms with van der Waals surface area (Å²) >= 11 is 1.80. The average molecular weight is 401 g/mol. The molecule has 2 rings (SSSR count). The van der Waals surface area contributed by atoms with E-state index in [9.17, 15) is 8.42 Å². The summed E-state index contributed by atoms with van der Waals surface area (Å²) in [5.41, 5.74) is 0. The zero-order valence-electron chi connectivity index (χ0n) is 16.1. The van der Waals surface area contributed by atoms with Gasteiger partial charge in [0.05, 0.1) is 5.75 Å². The molecule has 2 heterocycles. The average Bonchev–Trinajstić information content (AvgIpc) is 3.12. The summed E-state index contributed by atoms with van der Waals surface area (Å²) in [6.07, 6.45) is 3.36. The highest BCUT2D eigenvalue weighted by Crippen LogP contribution is 2.16. The predicted octanol–water partition coefficient (Wildman–Crippen LogP) is 2.30. The number of aliphatic imine (C=N–C) groups is 1. The zero-order valence-corrected chi connectivity index (χ0v) is 17.7. The van der Waals surface area contributed by atoms with E-state index in [-0.39, 0.29) is 11.8 Å². The van der Waals surface area contributed by atoms with Crippen LogP contribution in [-0.4, -0.2) is 57.2 Å². The maximum Gasteiger partial charge on any atom is 0.214 e. The first-order valence-corrected chi connectivity index (χ1v) is 11.9. The van der Waals surface area contributed by atoms with Gasteiger partial charge in [-0.1, -0.05) is 19.9 Å². The topological polar surface area (TPSA) is 73.8 Å². The van der Waals surface area contributed by atoms with Crippen LogP contribution < -0.4 is 10.6 Å². The fourth-order valence-electron chi connectivity index (χ4n) is 3.17. The van der Waals surface area contributed by atoms with E-state index in [2.05, 4.69) is 40.1 Å². The van der Waals surface area contributed by atoms with E-state index in [1.54, 1.807) is 22.7 Å². The van der Waals surface area contributed by atoms with Crippen LogP contribution in [0.15, 0.2) is 22.5 Å². The minimum absolute atomic E-state index is 0.246. The molecule has 1 aliphatic rings. The van der Waals surface area contributed by atoms with Gasteiger partial charge in [-0.2, -0.15) is 0 Å². The van der Waals surface area contributed by atoms with Gasteiger partial charge in [0.15, 0.2) is 5.96 Å². The number of guanidine groups is 1. The maximum atomic E-state index is 12.1. The molecular formula is C18H32N4O2S2. The van der Waals surface area contributed by atoms with Crippen molar-refractivity contribution >= 4 is 27.3 Å². The second-order valence-electron chi connectivity index (χ2n) is 6.98. The quantitative estimate of drug-likeness (QED) is 0.519. The number of nitrogens with one attached hydrogen (secondary N) is 2. The number of nitrogens with zero attached hydrogens (tertiary/aromatic N) is 2. The molecule has 0 amide bonds. The Kier molecular flexibility index (Phi) is 8.37. The molecule has 1 unspecified atom stereocenters. The van der Waals surface area contributed by atoms with Crippen LogP contribution in [0.2, 0.25) is 0 Å². The van der Waals surface area contributed by atoms with Crippen molar-refractivity contribution in [2.75, 3.05) is 32.4 Å². The van der Waals surface area contributed by atoms with Crippen LogP contribution in [0.3, 0.4) is 0 Å². The fraction of sp³-hybridized carbons (Fsp3) is 0.722. The first-order chi connectivity index (χ1) is 12.4. The van der Waals surface area contributed by atoms with Gasteiger partial charge in [0.2, 0.25) is 10.0 Å². The molecule has 0 spiro atoms. The summed E-state index contributed by atoms with van der Waals surface area (Å²) in [4.78, 5) is 5.72. The van der Waals surface area contributed by atoms with Gasteiger partial charge in [0.1, 0.15) is 0 Å². The molecule has 26 heavy (non-hydrogen) atoms. The SMILES string of the molecule is CCCS(=O)(=O)N1CCC(NC(=NC)NCC(C)Cc2cccs2)CC1. The summed E-state index contributed by atoms with van der Waals surface area (Å²) in [6, 6.07) is 4.53. The van der Waals surface area contributed by atoms with E-state index < -0.39 is 10.0 Å². The van der Waals surface area contributed by atoms with Crippen molar-refractivity contribution in [3.63, 3.8) is 0 Å². The smallest absolute Gasteiger partial charge is 0.214 e. The Morgan fingerprint density at radius 1 is 1.42 bits per heavy atom. The van der Waals surface area contributed by atoms with Crippen molar-refractivity contribution in [3.8, 4) is 0 Å². The van der Waals surface area contributed by atoms with Crippen LogP contribution in [0, 0.1) is 5.92 Å². The van der Waals surface area contributed by atoms with Crippen LogP contribution in [0.4, 0.5) is 0 Å². The number of hydrogen-bond donors (Lipinski definition) is 2. The number of sulfonamides is 1. The lowest BCUT2D eigenvalue weighted by Crippen LogP contribution is -2.50. The molecule has 0 saturated carbocycles. The standard InChI is InChI=1S/C18H32N4O2S2/c1-4-12-26(23,24)22-9-7-16(8-10-22)21-18(19-3)20-14-15(2)13-17-6-5-11-25-17/h5-6,11,15-16H,4,7-10,12-14H2,1-3H3,(H2,19,20,21). The highest BCUT2D eigenvalue weighted by molar-refractivity contribution is 7.89. The number of hydrogen-bond acceptors (Lipinski definition) is 4. The Labute approximate surface area is 162 Å². The van der Waals surface area contributed by atoms with Crippen LogP contribution in [0.1, 0.15) is 38.0 Å². The second kappa shape index (κ2) is 10.3. The Balaban J connectivity index is 1.73. The maximum absolute atomic E-state index is 12.1. The van der Waals surface area contributed by atoms with Crippen LogP contribution in [0.5, 0.6) is 0 Å². The van der Waals surface area contributed by atoms with Crippen molar-refractivity contribution in [3.05, 3.63) is 22.4 Å². The van der Waals surface area contributed by atoms with Crippen molar-refractivity contribution in [1.29, 1.82) is 0 Å². The van der Waals surface area contributed by atoms with Crippen molar-refractivity contribution in [2.24, 2.45) is 10.9 Å². The van der Waals surface area contributed by atoms with Crippen molar-refractivity contribution < 1.29 is 8.42 Å². The minimum atomic E-state index is -3.08. The van der Waals surface area contributed by atoms with E-state index in [1.807, 2.05) is 6.92 Å². The molecule has 8 heteroatoms. The van der Waals surface area contributed by atoms with Gasteiger partial charge < -0.3 is 10.6 Å². The van der Waals surface area contributed by atoms with Crippen LogP contribution in [-0.2, 0) is 16.4 Å². The van der Waals surface area contributed by atoms with Gasteiger partial charge in [-0.15, -0.1) is 11.3 Å². The lowest BCUT2D eigenvalue weighted by Gasteiger charge is -2.32. The number of rotatable bonds is 8. The first-order valence-electron chi connectivity index (χ1n) is 9.42. The Morgan fingerprint density at radius 2 is 2.15 bits per heavy atom. The van der Waals surface area contributed by atoms with E-state index in [4.69, 9.17) is 0 Å². The highest BCUT2D eigenvalue weighted by Gasteiger charge is 2.27. The van der Waals surface area contributed by atoms with Gasteiger partial charge in [-0.25, -0.2) is 12.7 Å². The molecule has 0 radical (unpaired) electrons. The molecule has 1 atom stereocenters. The van der Waals surface area contributed by atoms with Crippen molar-refractivity contribution in [2.45, 2.75) is 45.6 Å². The Morgan fingerprint density at radius 3 is 2.73 bits per heavy atom. The van der Waals surface area contributed by atoms with Crippen LogP contribution in [0.25, 0.3) is 0 Å². The molecule has 1 aromatic rings. The number of piperidine rings is 1. The molecule has 2 N–H and O–H groups in total. The minimum Gasteiger partial charge on any atom is -0.356 e. The second-order valence-corrected chi connectivity index (χ2v) is 10.1. The van der Waals surface area contributed by atoms with Crippen LogP contribution >= 0.6 is 11.3 Å². The van der Waals surface area contributed by atoms with E-state index in [0.29, 0.717) is 25.4 Å². The van der Waals surface area contributed by atoms with E-state index >= 15 is 0 Å². The fourth-order valence-corrected chi connectivity index (χ4v) is 5.58. The zero-order chi connectivity index (χ0) is 19.0. The summed E-state index contributed by atoms with van der Waals surface area (Å²) in [5.74, 6) is 1.57. The largest absolute Gasteiger partial charge is 0.356 e. The Bertz CT molecular complexity index is 651. The third kappa shape index (κ3) is 6.55. The molecule has 1 saturated heterocycles. The van der Waals surface area contributed by atoms with Crippen molar-refractivity contribution in [1.82, 2.24) is 14.9 Å². The third-order valence-electron chi connectivity index (χ3n) is 4.62. The first kappa shape index (κ1) is 21.2. The molecule has 0 aromatic carbocycles. The summed E-state index contributed by atoms with van der Waals surface area (Å²) in [5, 5.41) is 8.96. The molecule has 0 bridgehead atoms. The van der Waals surface area contributed by atoms with Gasteiger partial charge in [0.25, 0.3) is 0 Å². The Hall–Kier alpha value is -1.12. The third-order valence-corrected chi connectivity index (χ3v) is 7.60. The summed E-state index contributed by atoms with van der Waals surface area (Å²) in [7, 11) is -1.30.